The predicted molar refractivity (Wildman–Crippen MR) is 76.4 cm³/mol. The number of unbranched alkanes of at least 4 members (excludes halogenated alkanes) is 3. The largest absolute Gasteiger partial charge is 0.493 e. The van der Waals surface area contributed by atoms with Gasteiger partial charge in [0, 0.05) is 5.56 Å². The third-order valence-corrected chi connectivity index (χ3v) is 2.61. The molecule has 0 bridgehead atoms. The number of carbonyl (C=O) groups is 1. The van der Waals surface area contributed by atoms with Gasteiger partial charge in [-0.25, -0.2) is 14.6 Å². The number of nitrogens with two attached hydrogens (primary N) is 1. The molecule has 0 fully saturated rings. The number of halogens is 1. The van der Waals surface area contributed by atoms with Crippen LogP contribution in [0.1, 0.15) is 38.2 Å². The van der Waals surface area contributed by atoms with Crippen LogP contribution >= 0.6 is 0 Å². The number of urea groups is 1. The highest BCUT2D eigenvalue weighted by molar-refractivity contribution is 5.84. The molecule has 6 heteroatoms. The molecular weight excluding hydrogens is 261 g/mol. The lowest BCUT2D eigenvalue weighted by Gasteiger charge is -2.09. The number of nitrogens with one attached hydrogen (secondary N) is 1. The normalized spacial score (nSPS) is 10.7. The highest BCUT2D eigenvalue weighted by Crippen LogP contribution is 2.18. The van der Waals surface area contributed by atoms with E-state index in [1.807, 2.05) is 0 Å². The summed E-state index contributed by atoms with van der Waals surface area (Å²) in [5, 5.41) is 3.60. The molecule has 5 nitrogen and oxygen atoms in total. The second kappa shape index (κ2) is 8.90. The van der Waals surface area contributed by atoms with Crippen molar-refractivity contribution in [3.63, 3.8) is 0 Å². The second-order valence-corrected chi connectivity index (χ2v) is 4.33. The van der Waals surface area contributed by atoms with Crippen LogP contribution in [0.15, 0.2) is 23.3 Å². The van der Waals surface area contributed by atoms with Gasteiger partial charge in [-0.3, -0.25) is 0 Å². The van der Waals surface area contributed by atoms with Crippen molar-refractivity contribution in [1.82, 2.24) is 5.43 Å². The first kappa shape index (κ1) is 15.9. The molecule has 0 aliphatic rings. The number of ether oxygens (including phenoxy) is 1. The van der Waals surface area contributed by atoms with Gasteiger partial charge in [0.25, 0.3) is 0 Å². The fourth-order valence-electron chi connectivity index (χ4n) is 1.63. The second-order valence-electron chi connectivity index (χ2n) is 4.33. The van der Waals surface area contributed by atoms with Crippen LogP contribution in [-0.2, 0) is 0 Å². The molecule has 110 valence electrons. The summed E-state index contributed by atoms with van der Waals surface area (Å²) in [6.07, 6.45) is 5.68. The molecule has 0 atom stereocenters. The number of hydrogen-bond acceptors (Lipinski definition) is 3. The number of rotatable bonds is 8. The van der Waals surface area contributed by atoms with Gasteiger partial charge < -0.3 is 10.5 Å². The molecule has 0 heterocycles. The van der Waals surface area contributed by atoms with Crippen LogP contribution < -0.4 is 15.9 Å². The lowest BCUT2D eigenvalue weighted by atomic mass is 10.2. The van der Waals surface area contributed by atoms with Crippen molar-refractivity contribution in [2.45, 2.75) is 32.6 Å². The van der Waals surface area contributed by atoms with E-state index < -0.39 is 11.8 Å². The topological polar surface area (TPSA) is 76.7 Å². The molecule has 0 radical (unpaired) electrons. The molecule has 0 aliphatic heterocycles. The molecular formula is C14H20FN3O2. The van der Waals surface area contributed by atoms with Crippen LogP contribution in [-0.4, -0.2) is 18.9 Å². The van der Waals surface area contributed by atoms with Gasteiger partial charge in [0.1, 0.15) is 11.6 Å². The average molecular weight is 281 g/mol. The lowest BCUT2D eigenvalue weighted by molar-refractivity contribution is 0.249. The Labute approximate surface area is 118 Å². The monoisotopic (exact) mass is 281 g/mol. The molecule has 0 saturated carbocycles. The Morgan fingerprint density at radius 1 is 1.45 bits per heavy atom. The number of carbonyl (C=O) groups excluding carboxylic acids is 1. The van der Waals surface area contributed by atoms with Crippen molar-refractivity contribution in [3.8, 4) is 5.75 Å². The zero-order valence-electron chi connectivity index (χ0n) is 11.6. The predicted octanol–water partition coefficient (Wildman–Crippen LogP) is 2.79. The molecule has 0 unspecified atom stereocenters. The minimum absolute atomic E-state index is 0.399. The van der Waals surface area contributed by atoms with E-state index in [-0.39, 0.29) is 0 Å². The van der Waals surface area contributed by atoms with Crippen LogP contribution in [0.25, 0.3) is 0 Å². The summed E-state index contributed by atoms with van der Waals surface area (Å²) >= 11 is 0. The Bertz CT molecular complexity index is 464. The SMILES string of the molecule is CCCCCCOc1ccc(F)cc1C=NNC(N)=O. The Morgan fingerprint density at radius 2 is 2.25 bits per heavy atom. The fourth-order valence-corrected chi connectivity index (χ4v) is 1.63. The Morgan fingerprint density at radius 3 is 2.95 bits per heavy atom. The maximum atomic E-state index is 13.2. The van der Waals surface area contributed by atoms with Crippen LogP contribution in [0.4, 0.5) is 9.18 Å². The summed E-state index contributed by atoms with van der Waals surface area (Å²) < 4.78 is 18.8. The minimum Gasteiger partial charge on any atom is -0.493 e. The molecule has 0 saturated heterocycles. The molecule has 1 aromatic carbocycles. The molecule has 20 heavy (non-hydrogen) atoms. The van der Waals surface area contributed by atoms with E-state index in [1.54, 1.807) is 6.07 Å². The van der Waals surface area contributed by atoms with Crippen LogP contribution in [0.2, 0.25) is 0 Å². The standard InChI is InChI=1S/C14H20FN3O2/c1-2-3-4-5-8-20-13-7-6-12(15)9-11(13)10-17-18-14(16)19/h6-7,9-10H,2-5,8H2,1H3,(H3,16,18,19). The van der Waals surface area contributed by atoms with E-state index in [0.717, 1.165) is 19.3 Å². The van der Waals surface area contributed by atoms with Gasteiger partial charge in [0.05, 0.1) is 12.8 Å². The zero-order chi connectivity index (χ0) is 14.8. The first-order valence-electron chi connectivity index (χ1n) is 6.64. The lowest BCUT2D eigenvalue weighted by Crippen LogP contribution is -2.24. The molecule has 0 spiro atoms. The van der Waals surface area contributed by atoms with E-state index in [4.69, 9.17) is 10.5 Å². The number of hydrazone groups is 1. The summed E-state index contributed by atoms with van der Waals surface area (Å²) in [6.45, 7) is 2.71. The summed E-state index contributed by atoms with van der Waals surface area (Å²) in [7, 11) is 0. The van der Waals surface area contributed by atoms with Gasteiger partial charge in [-0.05, 0) is 24.6 Å². The van der Waals surface area contributed by atoms with Gasteiger partial charge in [-0.2, -0.15) is 5.10 Å². The first-order chi connectivity index (χ1) is 9.63. The summed E-state index contributed by atoms with van der Waals surface area (Å²) in [5.41, 5.74) is 7.39. The smallest absolute Gasteiger partial charge is 0.332 e. The van der Waals surface area contributed by atoms with Crippen LogP contribution in [0.3, 0.4) is 0 Å². The Balaban J connectivity index is 2.60. The van der Waals surface area contributed by atoms with Gasteiger partial charge in [-0.15, -0.1) is 0 Å². The van der Waals surface area contributed by atoms with Crippen molar-refractivity contribution in [2.75, 3.05) is 6.61 Å². The van der Waals surface area contributed by atoms with Crippen LogP contribution in [0, 0.1) is 5.82 Å². The van der Waals surface area contributed by atoms with E-state index in [0.29, 0.717) is 17.9 Å². The third-order valence-electron chi connectivity index (χ3n) is 2.61. The summed E-state index contributed by atoms with van der Waals surface area (Å²) in [6, 6.07) is 3.37. The molecule has 0 aromatic heterocycles. The van der Waals surface area contributed by atoms with Crippen molar-refractivity contribution < 1.29 is 13.9 Å². The van der Waals surface area contributed by atoms with Crippen molar-refractivity contribution in [2.24, 2.45) is 10.8 Å². The quantitative estimate of drug-likeness (QED) is 0.436. The van der Waals surface area contributed by atoms with Gasteiger partial charge in [-0.1, -0.05) is 26.2 Å². The fraction of sp³-hybridized carbons (Fsp3) is 0.429. The first-order valence-corrected chi connectivity index (χ1v) is 6.64. The summed E-state index contributed by atoms with van der Waals surface area (Å²) in [5.74, 6) is 0.127. The highest BCUT2D eigenvalue weighted by Gasteiger charge is 2.04. The van der Waals surface area contributed by atoms with Gasteiger partial charge in [0.15, 0.2) is 0 Å². The molecule has 1 aromatic rings. The number of nitrogens with zero attached hydrogens (tertiary/aromatic N) is 1. The van der Waals surface area contributed by atoms with E-state index in [1.165, 1.54) is 24.8 Å². The molecule has 1 rings (SSSR count). The third kappa shape index (κ3) is 6.17. The van der Waals surface area contributed by atoms with Crippen molar-refractivity contribution in [3.05, 3.63) is 29.6 Å². The summed E-state index contributed by atoms with van der Waals surface area (Å²) in [4.78, 5) is 10.5. The number of hydrogen-bond donors (Lipinski definition) is 2. The Hall–Kier alpha value is -2.11. The van der Waals surface area contributed by atoms with Gasteiger partial charge >= 0.3 is 6.03 Å². The molecule has 0 aliphatic carbocycles. The van der Waals surface area contributed by atoms with E-state index >= 15 is 0 Å². The highest BCUT2D eigenvalue weighted by atomic mass is 19.1. The number of benzene rings is 1. The van der Waals surface area contributed by atoms with E-state index in [9.17, 15) is 9.18 Å². The van der Waals surface area contributed by atoms with Gasteiger partial charge in [0.2, 0.25) is 0 Å². The van der Waals surface area contributed by atoms with E-state index in [2.05, 4.69) is 17.5 Å². The van der Waals surface area contributed by atoms with Crippen molar-refractivity contribution >= 4 is 12.2 Å². The van der Waals surface area contributed by atoms with Crippen LogP contribution in [0.5, 0.6) is 5.75 Å². The number of primary amides is 1. The average Bonchev–Trinajstić information content (AvgIpc) is 2.40. The van der Waals surface area contributed by atoms with Crippen molar-refractivity contribution in [1.29, 1.82) is 0 Å². The number of amides is 2. The minimum atomic E-state index is -0.778. The molecule has 2 amide bonds. The maximum absolute atomic E-state index is 13.2. The Kier molecular flexibility index (Phi) is 7.10. The zero-order valence-corrected chi connectivity index (χ0v) is 11.6. The molecule has 3 N–H and O–H groups in total. The maximum Gasteiger partial charge on any atom is 0.332 e.